The van der Waals surface area contributed by atoms with E-state index in [0.717, 1.165) is 34.4 Å². The number of hydrogen-bond acceptors (Lipinski definition) is 4. The quantitative estimate of drug-likeness (QED) is 0.849. The fourth-order valence-electron chi connectivity index (χ4n) is 2.86. The summed E-state index contributed by atoms with van der Waals surface area (Å²) in [4.78, 5) is 12.6. The number of phenols is 1. The Labute approximate surface area is 147 Å². The molecule has 0 unspecified atom stereocenters. The maximum atomic E-state index is 12.6. The van der Waals surface area contributed by atoms with Crippen LogP contribution < -0.4 is 9.47 Å². The highest BCUT2D eigenvalue weighted by Gasteiger charge is 2.23. The van der Waals surface area contributed by atoms with Gasteiger partial charge >= 0.3 is 0 Å². The van der Waals surface area contributed by atoms with Crippen LogP contribution in [0, 0.1) is 0 Å². The van der Waals surface area contributed by atoms with Gasteiger partial charge in [-0.2, -0.15) is 0 Å². The van der Waals surface area contributed by atoms with Gasteiger partial charge in [-0.25, -0.2) is 0 Å². The average Bonchev–Trinajstić information content (AvgIpc) is 2.97. The number of allylic oxidation sites excluding steroid dienone is 2. The Morgan fingerprint density at radius 1 is 0.880 bits per heavy atom. The molecular weight excluding hydrogens is 316 g/mol. The van der Waals surface area contributed by atoms with Gasteiger partial charge in [0.2, 0.25) is 0 Å². The molecule has 3 rings (SSSR count). The van der Waals surface area contributed by atoms with Gasteiger partial charge < -0.3 is 14.6 Å². The molecule has 4 nitrogen and oxygen atoms in total. The van der Waals surface area contributed by atoms with Gasteiger partial charge in [-0.1, -0.05) is 18.2 Å². The molecule has 0 atom stereocenters. The SMILES string of the molecule is COc1ccc(/C=C2\CC/C(=C\c3ccc(O)c(OC)c3)C2=O)cc1. The van der Waals surface area contributed by atoms with Crippen LogP contribution in [0.3, 0.4) is 0 Å². The van der Waals surface area contributed by atoms with Crippen molar-refractivity contribution >= 4 is 17.9 Å². The van der Waals surface area contributed by atoms with Crippen molar-refractivity contribution in [2.75, 3.05) is 14.2 Å². The zero-order valence-corrected chi connectivity index (χ0v) is 14.3. The molecule has 0 spiro atoms. The number of Topliss-reactive ketones (excluding diaryl/α,β-unsaturated/α-hetero) is 1. The predicted molar refractivity (Wildman–Crippen MR) is 97.8 cm³/mol. The molecule has 0 radical (unpaired) electrons. The average molecular weight is 336 g/mol. The van der Waals surface area contributed by atoms with E-state index in [2.05, 4.69) is 0 Å². The van der Waals surface area contributed by atoms with Crippen LogP contribution >= 0.6 is 0 Å². The number of carbonyl (C=O) groups is 1. The fraction of sp³-hybridized carbons (Fsp3) is 0.190. The zero-order valence-electron chi connectivity index (χ0n) is 14.3. The summed E-state index contributed by atoms with van der Waals surface area (Å²) in [6, 6.07) is 12.7. The third-order valence-electron chi connectivity index (χ3n) is 4.25. The van der Waals surface area contributed by atoms with Crippen LogP contribution in [0.4, 0.5) is 0 Å². The number of ketones is 1. The standard InChI is InChI=1S/C21H20O4/c1-24-18-8-3-14(4-9-18)11-16-6-7-17(21(16)23)12-15-5-10-19(22)20(13-15)25-2/h3-5,8-13,22H,6-7H2,1-2H3/b16-11+,17-12+. The Morgan fingerprint density at radius 3 is 2.08 bits per heavy atom. The Kier molecular flexibility index (Phi) is 4.89. The van der Waals surface area contributed by atoms with Crippen molar-refractivity contribution in [3.8, 4) is 17.2 Å². The molecule has 2 aromatic rings. The largest absolute Gasteiger partial charge is 0.504 e. The molecule has 1 fully saturated rings. The second-order valence-electron chi connectivity index (χ2n) is 5.87. The molecule has 1 aliphatic rings. The van der Waals surface area contributed by atoms with Gasteiger partial charge in [0.15, 0.2) is 17.3 Å². The predicted octanol–water partition coefficient (Wildman–Crippen LogP) is 4.24. The van der Waals surface area contributed by atoms with Crippen molar-refractivity contribution in [1.82, 2.24) is 0 Å². The van der Waals surface area contributed by atoms with E-state index < -0.39 is 0 Å². The van der Waals surface area contributed by atoms with E-state index in [1.807, 2.05) is 36.4 Å². The van der Waals surface area contributed by atoms with Gasteiger partial charge in [0, 0.05) is 11.1 Å². The summed E-state index contributed by atoms with van der Waals surface area (Å²) in [7, 11) is 3.13. The minimum absolute atomic E-state index is 0.0721. The van der Waals surface area contributed by atoms with E-state index in [1.54, 1.807) is 25.3 Å². The summed E-state index contributed by atoms with van der Waals surface area (Å²) in [6.45, 7) is 0. The van der Waals surface area contributed by atoms with Gasteiger partial charge in [0.1, 0.15) is 5.75 Å². The first-order valence-corrected chi connectivity index (χ1v) is 8.07. The first-order chi connectivity index (χ1) is 12.1. The zero-order chi connectivity index (χ0) is 17.8. The second-order valence-corrected chi connectivity index (χ2v) is 5.87. The van der Waals surface area contributed by atoms with E-state index in [0.29, 0.717) is 12.2 Å². The summed E-state index contributed by atoms with van der Waals surface area (Å²) in [5.41, 5.74) is 3.40. The molecular formula is C21H20O4. The van der Waals surface area contributed by atoms with E-state index in [9.17, 15) is 9.90 Å². The van der Waals surface area contributed by atoms with Gasteiger partial charge in [-0.15, -0.1) is 0 Å². The summed E-state index contributed by atoms with van der Waals surface area (Å²) < 4.78 is 10.3. The van der Waals surface area contributed by atoms with E-state index in [-0.39, 0.29) is 11.5 Å². The van der Waals surface area contributed by atoms with Crippen LogP contribution in [-0.4, -0.2) is 25.1 Å². The van der Waals surface area contributed by atoms with E-state index in [1.165, 1.54) is 7.11 Å². The number of ether oxygens (including phenoxy) is 2. The maximum Gasteiger partial charge on any atom is 0.185 e. The van der Waals surface area contributed by atoms with E-state index in [4.69, 9.17) is 9.47 Å². The van der Waals surface area contributed by atoms with Crippen molar-refractivity contribution in [3.05, 3.63) is 64.7 Å². The van der Waals surface area contributed by atoms with E-state index >= 15 is 0 Å². The number of methoxy groups -OCH3 is 2. The molecule has 1 aliphatic carbocycles. The highest BCUT2D eigenvalue weighted by molar-refractivity contribution is 6.15. The van der Waals surface area contributed by atoms with Crippen LogP contribution in [0.15, 0.2) is 53.6 Å². The Balaban J connectivity index is 1.82. The molecule has 0 bridgehead atoms. The lowest BCUT2D eigenvalue weighted by Crippen LogP contribution is -1.95. The molecule has 128 valence electrons. The lowest BCUT2D eigenvalue weighted by molar-refractivity contribution is -0.111. The van der Waals surface area contributed by atoms with Crippen LogP contribution in [0.1, 0.15) is 24.0 Å². The Bertz CT molecular complexity index is 845. The van der Waals surface area contributed by atoms with Crippen molar-refractivity contribution < 1.29 is 19.4 Å². The number of aromatic hydroxyl groups is 1. The molecule has 1 N–H and O–H groups in total. The topological polar surface area (TPSA) is 55.8 Å². The Morgan fingerprint density at radius 2 is 1.48 bits per heavy atom. The van der Waals surface area contributed by atoms with Gasteiger partial charge in [-0.3, -0.25) is 4.79 Å². The molecule has 2 aromatic carbocycles. The summed E-state index contributed by atoms with van der Waals surface area (Å²) in [6.07, 6.45) is 5.23. The first kappa shape index (κ1) is 16.8. The van der Waals surface area contributed by atoms with Gasteiger partial charge in [0.05, 0.1) is 14.2 Å². The normalized spacial score (nSPS) is 17.3. The highest BCUT2D eigenvalue weighted by Crippen LogP contribution is 2.32. The third kappa shape index (κ3) is 3.74. The van der Waals surface area contributed by atoms with Crippen molar-refractivity contribution in [1.29, 1.82) is 0 Å². The van der Waals surface area contributed by atoms with Crippen LogP contribution in [0.5, 0.6) is 17.2 Å². The molecule has 25 heavy (non-hydrogen) atoms. The second kappa shape index (κ2) is 7.26. The monoisotopic (exact) mass is 336 g/mol. The number of carbonyl (C=O) groups excluding carboxylic acids is 1. The van der Waals surface area contributed by atoms with Crippen LogP contribution in [-0.2, 0) is 4.79 Å². The van der Waals surface area contributed by atoms with Gasteiger partial charge in [0.25, 0.3) is 0 Å². The van der Waals surface area contributed by atoms with Crippen molar-refractivity contribution in [2.24, 2.45) is 0 Å². The molecule has 0 saturated heterocycles. The van der Waals surface area contributed by atoms with Crippen molar-refractivity contribution in [3.63, 3.8) is 0 Å². The van der Waals surface area contributed by atoms with Gasteiger partial charge in [-0.05, 0) is 60.4 Å². The third-order valence-corrected chi connectivity index (χ3v) is 4.25. The number of phenolic OH excluding ortho intramolecular Hbond substituents is 1. The number of benzene rings is 2. The van der Waals surface area contributed by atoms with Crippen molar-refractivity contribution in [2.45, 2.75) is 12.8 Å². The molecule has 0 aromatic heterocycles. The molecule has 4 heteroatoms. The molecule has 0 heterocycles. The first-order valence-electron chi connectivity index (χ1n) is 8.07. The van der Waals surface area contributed by atoms with Crippen LogP contribution in [0.25, 0.3) is 12.2 Å². The summed E-state index contributed by atoms with van der Waals surface area (Å²) in [5, 5.41) is 9.66. The fourth-order valence-corrected chi connectivity index (χ4v) is 2.86. The number of hydrogen-bond donors (Lipinski definition) is 1. The minimum atomic E-state index is 0.0721. The minimum Gasteiger partial charge on any atom is -0.504 e. The van der Waals surface area contributed by atoms with Crippen LogP contribution in [0.2, 0.25) is 0 Å². The molecule has 0 aliphatic heterocycles. The molecule has 1 saturated carbocycles. The number of rotatable bonds is 4. The summed E-state index contributed by atoms with van der Waals surface area (Å²) >= 11 is 0. The highest BCUT2D eigenvalue weighted by atomic mass is 16.5. The summed E-state index contributed by atoms with van der Waals surface area (Å²) in [5.74, 6) is 1.35. The maximum absolute atomic E-state index is 12.6. The lowest BCUT2D eigenvalue weighted by atomic mass is 10.1. The lowest BCUT2D eigenvalue weighted by Gasteiger charge is -2.04. The Hall–Kier alpha value is -3.01. The smallest absolute Gasteiger partial charge is 0.185 e. The molecule has 0 amide bonds.